The van der Waals surface area contributed by atoms with E-state index >= 15 is 0 Å². The van der Waals surface area contributed by atoms with Gasteiger partial charge in [-0.2, -0.15) is 0 Å². The molecule has 0 spiro atoms. The molecule has 3 aromatic carbocycles. The second-order valence-electron chi connectivity index (χ2n) is 7.24. The van der Waals surface area contributed by atoms with Crippen molar-refractivity contribution in [2.24, 2.45) is 5.11 Å². The van der Waals surface area contributed by atoms with E-state index in [0.29, 0.717) is 6.42 Å². The highest BCUT2D eigenvalue weighted by atomic mass is 32.2. The first kappa shape index (κ1) is 20.7. The van der Waals surface area contributed by atoms with Crippen LogP contribution in [0, 0.1) is 0 Å². The van der Waals surface area contributed by atoms with E-state index in [4.69, 9.17) is 10.5 Å². The van der Waals surface area contributed by atoms with Gasteiger partial charge in [0.25, 0.3) is 0 Å². The molecule has 0 unspecified atom stereocenters. The van der Waals surface area contributed by atoms with Crippen molar-refractivity contribution in [3.05, 3.63) is 88.8 Å². The molecule has 1 aromatic heterocycles. The molecule has 4 aromatic rings. The molecule has 0 radical (unpaired) electrons. The lowest BCUT2D eigenvalue weighted by molar-refractivity contribution is 0.593. The molecule has 0 aliphatic heterocycles. The Morgan fingerprint density at radius 2 is 1.52 bits per heavy atom. The number of hydrogen-bond acceptors (Lipinski definition) is 5. The largest absolute Gasteiger partial charge is 0.354 e. The van der Waals surface area contributed by atoms with Gasteiger partial charge in [0, 0.05) is 27.9 Å². The zero-order chi connectivity index (χ0) is 21.7. The predicted molar refractivity (Wildman–Crippen MR) is 125 cm³/mol. The van der Waals surface area contributed by atoms with Crippen LogP contribution in [0.4, 0.5) is 11.4 Å². The molecule has 0 atom stereocenters. The quantitative estimate of drug-likeness (QED) is 0.126. The summed E-state index contributed by atoms with van der Waals surface area (Å²) in [7, 11) is -3.26. The van der Waals surface area contributed by atoms with E-state index < -0.39 is 9.84 Å². The van der Waals surface area contributed by atoms with Gasteiger partial charge in [0.2, 0.25) is 0 Å². The maximum Gasteiger partial charge on any atom is 0.154 e. The third kappa shape index (κ3) is 4.94. The number of fused-ring (bicyclic) bond motifs is 2. The number of anilines is 2. The van der Waals surface area contributed by atoms with Gasteiger partial charge >= 0.3 is 0 Å². The Kier molecular flexibility index (Phi) is 6.02. The second-order valence-corrected chi connectivity index (χ2v) is 9.43. The van der Waals surface area contributed by atoms with Gasteiger partial charge in [0.15, 0.2) is 9.84 Å². The number of benzene rings is 3. The normalized spacial score (nSPS) is 11.4. The number of nitrogens with one attached hydrogen (secondary N) is 1. The molecule has 156 valence electrons. The number of hydrogen-bond donors (Lipinski definition) is 1. The van der Waals surface area contributed by atoms with Crippen LogP contribution in [0.1, 0.15) is 12.0 Å². The summed E-state index contributed by atoms with van der Waals surface area (Å²) in [5, 5.41) is 8.91. The van der Waals surface area contributed by atoms with Crippen LogP contribution < -0.4 is 5.32 Å². The summed E-state index contributed by atoms with van der Waals surface area (Å²) in [5.74, 6) is -0.0360. The summed E-state index contributed by atoms with van der Waals surface area (Å²) in [6, 6.07) is 23.4. The summed E-state index contributed by atoms with van der Waals surface area (Å²) in [6.07, 6.45) is 0.328. The highest BCUT2D eigenvalue weighted by Gasteiger charge is 2.12. The molecule has 1 N–H and O–H groups in total. The highest BCUT2D eigenvalue weighted by Crippen LogP contribution is 2.33. The minimum Gasteiger partial charge on any atom is -0.354 e. The zero-order valence-corrected chi connectivity index (χ0v) is 17.6. The van der Waals surface area contributed by atoms with Crippen LogP contribution in [0.15, 0.2) is 77.9 Å². The lowest BCUT2D eigenvalue weighted by Crippen LogP contribution is -2.10. The molecule has 7 nitrogen and oxygen atoms in total. The van der Waals surface area contributed by atoms with Gasteiger partial charge in [0.05, 0.1) is 28.2 Å². The van der Waals surface area contributed by atoms with E-state index in [9.17, 15) is 8.42 Å². The summed E-state index contributed by atoms with van der Waals surface area (Å²) >= 11 is 0. The van der Waals surface area contributed by atoms with Crippen molar-refractivity contribution in [3.8, 4) is 0 Å². The van der Waals surface area contributed by atoms with Crippen LogP contribution in [0.25, 0.3) is 32.2 Å². The van der Waals surface area contributed by atoms with Crippen molar-refractivity contribution in [2.45, 2.75) is 12.2 Å². The monoisotopic (exact) mass is 431 g/mol. The summed E-state index contributed by atoms with van der Waals surface area (Å²) < 4.78 is 24.5. The molecule has 0 aliphatic carbocycles. The number of sulfone groups is 1. The van der Waals surface area contributed by atoms with Gasteiger partial charge in [-0.25, -0.2) is 13.4 Å². The van der Waals surface area contributed by atoms with Crippen LogP contribution in [-0.4, -0.2) is 25.7 Å². The van der Waals surface area contributed by atoms with Crippen molar-refractivity contribution in [1.29, 1.82) is 0 Å². The van der Waals surface area contributed by atoms with Gasteiger partial charge in [-0.05, 0) is 41.8 Å². The van der Waals surface area contributed by atoms with E-state index in [1.165, 1.54) is 0 Å². The number of aromatic nitrogens is 1. The van der Waals surface area contributed by atoms with Crippen molar-refractivity contribution in [1.82, 2.24) is 4.98 Å². The molecular formula is C23H21N5O2S. The Hall–Kier alpha value is -3.61. The fourth-order valence-corrected chi connectivity index (χ4v) is 4.94. The van der Waals surface area contributed by atoms with E-state index in [1.807, 2.05) is 72.8 Å². The molecule has 0 amide bonds. The first-order chi connectivity index (χ1) is 15.1. The van der Waals surface area contributed by atoms with E-state index in [1.54, 1.807) is 0 Å². The molecule has 4 rings (SSSR count). The number of azide groups is 1. The van der Waals surface area contributed by atoms with Gasteiger partial charge in [0.1, 0.15) is 0 Å². The van der Waals surface area contributed by atoms with Crippen molar-refractivity contribution >= 4 is 43.0 Å². The zero-order valence-electron chi connectivity index (χ0n) is 16.8. The SMILES string of the molecule is [N-]=[N+]=NCCCS(=O)(=O)Cc1ccc(Nc2c3ccccc3nc3ccccc23)cc1. The minimum absolute atomic E-state index is 0.00101. The summed E-state index contributed by atoms with van der Waals surface area (Å²) in [4.78, 5) is 7.38. The summed E-state index contributed by atoms with van der Waals surface area (Å²) in [5.41, 5.74) is 12.7. The molecule has 1 heterocycles. The Morgan fingerprint density at radius 1 is 0.903 bits per heavy atom. The fraction of sp³-hybridized carbons (Fsp3) is 0.174. The van der Waals surface area contributed by atoms with Gasteiger partial charge in [-0.3, -0.25) is 0 Å². The molecule has 8 heteroatoms. The number of nitrogens with zero attached hydrogens (tertiary/aromatic N) is 4. The predicted octanol–water partition coefficient (Wildman–Crippen LogP) is 5.75. The van der Waals surface area contributed by atoms with E-state index in [0.717, 1.165) is 38.7 Å². The Morgan fingerprint density at radius 3 is 2.13 bits per heavy atom. The van der Waals surface area contributed by atoms with Crippen molar-refractivity contribution in [3.63, 3.8) is 0 Å². The standard InChI is InChI=1S/C23H21N5O2S/c24-28-25-14-5-15-31(29,30)16-17-10-12-18(13-11-17)26-23-19-6-1-3-8-21(19)27-22-9-4-2-7-20(22)23/h1-4,6-13H,5,14-16H2,(H,26,27). The third-order valence-corrected chi connectivity index (χ3v) is 6.66. The summed E-state index contributed by atoms with van der Waals surface area (Å²) in [6.45, 7) is 0.187. The van der Waals surface area contributed by atoms with Crippen LogP contribution in [0.5, 0.6) is 0 Å². The molecule has 0 saturated heterocycles. The second kappa shape index (κ2) is 9.04. The van der Waals surface area contributed by atoms with Crippen LogP contribution >= 0.6 is 0 Å². The van der Waals surface area contributed by atoms with Gasteiger partial charge < -0.3 is 5.32 Å². The van der Waals surface area contributed by atoms with E-state index in [2.05, 4.69) is 15.3 Å². The molecule has 0 saturated carbocycles. The molecular weight excluding hydrogens is 410 g/mol. The Labute approximate surface area is 180 Å². The topological polar surface area (TPSA) is 108 Å². The lowest BCUT2D eigenvalue weighted by Gasteiger charge is -2.14. The lowest BCUT2D eigenvalue weighted by atomic mass is 10.1. The maximum atomic E-state index is 12.3. The van der Waals surface area contributed by atoms with Gasteiger partial charge in [-0.1, -0.05) is 53.6 Å². The fourth-order valence-electron chi connectivity index (χ4n) is 3.53. The number of pyridine rings is 1. The smallest absolute Gasteiger partial charge is 0.154 e. The van der Waals surface area contributed by atoms with Crippen molar-refractivity contribution in [2.75, 3.05) is 17.6 Å². The highest BCUT2D eigenvalue weighted by molar-refractivity contribution is 7.90. The maximum absolute atomic E-state index is 12.3. The Balaban J connectivity index is 1.57. The third-order valence-electron chi connectivity index (χ3n) is 4.97. The van der Waals surface area contributed by atoms with Gasteiger partial charge in [-0.15, -0.1) is 0 Å². The van der Waals surface area contributed by atoms with Crippen LogP contribution in [-0.2, 0) is 15.6 Å². The van der Waals surface area contributed by atoms with E-state index in [-0.39, 0.29) is 18.1 Å². The Bertz CT molecular complexity index is 1320. The minimum atomic E-state index is -3.26. The first-order valence-electron chi connectivity index (χ1n) is 9.90. The molecule has 0 bridgehead atoms. The average Bonchev–Trinajstić information content (AvgIpc) is 2.77. The van der Waals surface area contributed by atoms with Crippen LogP contribution in [0.2, 0.25) is 0 Å². The first-order valence-corrected chi connectivity index (χ1v) is 11.7. The molecule has 0 fully saturated rings. The molecule has 0 aliphatic rings. The van der Waals surface area contributed by atoms with Crippen LogP contribution in [0.3, 0.4) is 0 Å². The number of para-hydroxylation sites is 2. The molecule has 31 heavy (non-hydrogen) atoms. The van der Waals surface area contributed by atoms with Crippen molar-refractivity contribution < 1.29 is 8.42 Å². The number of rotatable bonds is 8. The average molecular weight is 432 g/mol.